The first kappa shape index (κ1) is 23.9. The smallest absolute Gasteiger partial charge is 0.411 e. The van der Waals surface area contributed by atoms with Crippen LogP contribution in [0.25, 0.3) is 0 Å². The number of likely N-dealkylation sites (tertiary alicyclic amines) is 1. The van der Waals surface area contributed by atoms with Crippen LogP contribution in [0, 0.1) is 5.92 Å². The molecule has 0 N–H and O–H groups in total. The minimum atomic E-state index is -0.833. The summed E-state index contributed by atoms with van der Waals surface area (Å²) in [5.74, 6) is -1.99. The summed E-state index contributed by atoms with van der Waals surface area (Å²) in [5.41, 5.74) is -1.45. The summed E-state index contributed by atoms with van der Waals surface area (Å²) in [5, 5.41) is 0. The Hall–Kier alpha value is -2.12. The van der Waals surface area contributed by atoms with Gasteiger partial charge in [0.15, 0.2) is 0 Å². The fourth-order valence-electron chi connectivity index (χ4n) is 2.87. The van der Waals surface area contributed by atoms with Gasteiger partial charge in [-0.3, -0.25) is 14.5 Å². The Morgan fingerprint density at radius 2 is 1.50 bits per heavy atom. The molecular weight excluding hydrogens is 366 g/mol. The molecule has 1 fully saturated rings. The first-order chi connectivity index (χ1) is 12.7. The van der Waals surface area contributed by atoms with Crippen LogP contribution in [0.2, 0.25) is 0 Å². The molecule has 2 unspecified atom stereocenters. The number of ether oxygens (including phenoxy) is 3. The van der Waals surface area contributed by atoms with Crippen LogP contribution >= 0.6 is 0 Å². The Labute approximate surface area is 166 Å². The predicted molar refractivity (Wildman–Crippen MR) is 102 cm³/mol. The van der Waals surface area contributed by atoms with E-state index in [4.69, 9.17) is 14.2 Å². The lowest BCUT2D eigenvalue weighted by atomic mass is 9.88. The van der Waals surface area contributed by atoms with E-state index >= 15 is 0 Å². The highest BCUT2D eigenvalue weighted by Crippen LogP contribution is 2.27. The van der Waals surface area contributed by atoms with Gasteiger partial charge in [-0.05, 0) is 61.3 Å². The zero-order chi connectivity index (χ0) is 21.7. The summed E-state index contributed by atoms with van der Waals surface area (Å²) in [6, 6.07) is -0.833. The summed E-state index contributed by atoms with van der Waals surface area (Å²) in [4.78, 5) is 50.6. The molecule has 8 nitrogen and oxygen atoms in total. The fourth-order valence-corrected chi connectivity index (χ4v) is 2.87. The van der Waals surface area contributed by atoms with Crippen molar-refractivity contribution in [3.05, 3.63) is 0 Å². The number of hydrogen-bond donors (Lipinski definition) is 0. The number of nitrogens with zero attached hydrogens (tertiary/aromatic N) is 1. The lowest BCUT2D eigenvalue weighted by molar-refractivity contribution is -0.164. The van der Waals surface area contributed by atoms with Crippen LogP contribution in [-0.4, -0.2) is 59.1 Å². The number of esters is 2. The third kappa shape index (κ3) is 7.86. The van der Waals surface area contributed by atoms with Gasteiger partial charge in [-0.25, -0.2) is 9.59 Å². The molecule has 0 radical (unpaired) electrons. The quantitative estimate of drug-likeness (QED) is 0.398. The maximum atomic E-state index is 12.7. The summed E-state index contributed by atoms with van der Waals surface area (Å²) in [6.07, 6.45) is -0.399. The standard InChI is InChI=1S/C20H33NO7/c1-8-26-16(23)11-15(22)13-9-10-14(17(24)27-19(2,3)4)21(12-13)18(25)28-20(5,6)7/h13-14H,8-12H2,1-7H3. The van der Waals surface area contributed by atoms with Gasteiger partial charge in [0, 0.05) is 12.5 Å². The van der Waals surface area contributed by atoms with E-state index in [9.17, 15) is 19.2 Å². The number of carbonyl (C=O) groups is 4. The molecule has 0 bridgehead atoms. The highest BCUT2D eigenvalue weighted by molar-refractivity contribution is 5.97. The Kier molecular flexibility index (Phi) is 8.02. The van der Waals surface area contributed by atoms with Crippen LogP contribution in [0.1, 0.15) is 67.7 Å². The van der Waals surface area contributed by atoms with E-state index in [1.807, 2.05) is 0 Å². The second-order valence-corrected chi connectivity index (χ2v) is 8.90. The summed E-state index contributed by atoms with van der Waals surface area (Å²) < 4.78 is 15.7. The van der Waals surface area contributed by atoms with Crippen molar-refractivity contribution in [2.75, 3.05) is 13.2 Å². The summed E-state index contributed by atoms with van der Waals surface area (Å²) >= 11 is 0. The lowest BCUT2D eigenvalue weighted by Crippen LogP contribution is -2.54. The molecule has 1 amide bonds. The molecule has 1 aliphatic heterocycles. The second-order valence-electron chi connectivity index (χ2n) is 8.90. The van der Waals surface area contributed by atoms with E-state index < -0.39 is 41.2 Å². The number of amides is 1. The molecule has 0 aromatic heterocycles. The summed E-state index contributed by atoms with van der Waals surface area (Å²) in [7, 11) is 0. The minimum Gasteiger partial charge on any atom is -0.466 e. The van der Waals surface area contributed by atoms with Crippen molar-refractivity contribution in [1.29, 1.82) is 0 Å². The Balaban J connectivity index is 2.96. The Morgan fingerprint density at radius 1 is 0.929 bits per heavy atom. The highest BCUT2D eigenvalue weighted by Gasteiger charge is 2.42. The van der Waals surface area contributed by atoms with Crippen molar-refractivity contribution in [2.45, 2.75) is 85.0 Å². The molecule has 0 spiro atoms. The minimum absolute atomic E-state index is 0.00292. The second kappa shape index (κ2) is 9.39. The van der Waals surface area contributed by atoms with Crippen LogP contribution in [0.15, 0.2) is 0 Å². The largest absolute Gasteiger partial charge is 0.466 e. The lowest BCUT2D eigenvalue weighted by Gasteiger charge is -2.39. The van der Waals surface area contributed by atoms with Crippen molar-refractivity contribution in [3.8, 4) is 0 Å². The van der Waals surface area contributed by atoms with E-state index in [2.05, 4.69) is 0 Å². The number of carbonyl (C=O) groups excluding carboxylic acids is 4. The zero-order valence-corrected chi connectivity index (χ0v) is 18.0. The van der Waals surface area contributed by atoms with Crippen molar-refractivity contribution in [2.24, 2.45) is 5.92 Å². The number of ketones is 1. The van der Waals surface area contributed by atoms with Crippen molar-refractivity contribution < 1.29 is 33.4 Å². The molecular formula is C20H33NO7. The SMILES string of the molecule is CCOC(=O)CC(=O)C1CCC(C(=O)OC(C)(C)C)N(C(=O)OC(C)(C)C)C1. The number of Topliss-reactive ketones (excluding diaryl/α,β-unsaturated/α-hetero) is 1. The molecule has 160 valence electrons. The molecule has 1 rings (SSSR count). The van der Waals surface area contributed by atoms with Gasteiger partial charge < -0.3 is 14.2 Å². The monoisotopic (exact) mass is 399 g/mol. The number of hydrogen-bond acceptors (Lipinski definition) is 7. The molecule has 28 heavy (non-hydrogen) atoms. The van der Waals surface area contributed by atoms with Crippen molar-refractivity contribution >= 4 is 23.8 Å². The molecule has 0 aliphatic carbocycles. The first-order valence-corrected chi connectivity index (χ1v) is 9.64. The molecule has 1 saturated heterocycles. The average molecular weight is 399 g/mol. The van der Waals surface area contributed by atoms with Gasteiger partial charge in [0.1, 0.15) is 29.4 Å². The van der Waals surface area contributed by atoms with Crippen LogP contribution in [0.4, 0.5) is 4.79 Å². The molecule has 0 saturated carbocycles. The van der Waals surface area contributed by atoms with Crippen molar-refractivity contribution in [3.63, 3.8) is 0 Å². The van der Waals surface area contributed by atoms with E-state index in [0.717, 1.165) is 0 Å². The van der Waals surface area contributed by atoms with Gasteiger partial charge in [-0.2, -0.15) is 0 Å². The number of rotatable bonds is 5. The first-order valence-electron chi connectivity index (χ1n) is 9.64. The van der Waals surface area contributed by atoms with E-state index in [1.165, 1.54) is 4.90 Å². The third-order valence-electron chi connectivity index (χ3n) is 3.97. The molecule has 0 aromatic carbocycles. The van der Waals surface area contributed by atoms with Crippen LogP contribution in [0.3, 0.4) is 0 Å². The van der Waals surface area contributed by atoms with E-state index in [1.54, 1.807) is 48.5 Å². The molecule has 0 aromatic rings. The average Bonchev–Trinajstić information content (AvgIpc) is 2.51. The molecule has 8 heteroatoms. The molecule has 1 heterocycles. The van der Waals surface area contributed by atoms with Crippen LogP contribution < -0.4 is 0 Å². The maximum absolute atomic E-state index is 12.7. The topological polar surface area (TPSA) is 99.2 Å². The van der Waals surface area contributed by atoms with Crippen molar-refractivity contribution in [1.82, 2.24) is 4.90 Å². The van der Waals surface area contributed by atoms with Crippen LogP contribution in [-0.2, 0) is 28.6 Å². The Bertz CT molecular complexity index is 601. The zero-order valence-electron chi connectivity index (χ0n) is 18.0. The van der Waals surface area contributed by atoms with Crippen LogP contribution in [0.5, 0.6) is 0 Å². The third-order valence-corrected chi connectivity index (χ3v) is 3.97. The van der Waals surface area contributed by atoms with Gasteiger partial charge >= 0.3 is 18.0 Å². The normalized spacial score (nSPS) is 20.3. The fraction of sp³-hybridized carbons (Fsp3) is 0.800. The van der Waals surface area contributed by atoms with Gasteiger partial charge in [0.05, 0.1) is 6.61 Å². The van der Waals surface area contributed by atoms with Gasteiger partial charge in [0.25, 0.3) is 0 Å². The van der Waals surface area contributed by atoms with E-state index in [0.29, 0.717) is 6.42 Å². The predicted octanol–water partition coefficient (Wildman–Crippen LogP) is 2.87. The van der Waals surface area contributed by atoms with Gasteiger partial charge in [-0.15, -0.1) is 0 Å². The molecule has 1 aliphatic rings. The molecule has 2 atom stereocenters. The highest BCUT2D eigenvalue weighted by atomic mass is 16.6. The maximum Gasteiger partial charge on any atom is 0.411 e. The number of piperidine rings is 1. The van der Waals surface area contributed by atoms with Gasteiger partial charge in [0.2, 0.25) is 0 Å². The van der Waals surface area contributed by atoms with Gasteiger partial charge in [-0.1, -0.05) is 0 Å². The Morgan fingerprint density at radius 3 is 2.00 bits per heavy atom. The summed E-state index contributed by atoms with van der Waals surface area (Å²) in [6.45, 7) is 12.3. The van der Waals surface area contributed by atoms with E-state index in [-0.39, 0.29) is 31.8 Å².